The van der Waals surface area contributed by atoms with Crippen LogP contribution in [0.25, 0.3) is 0 Å². The van der Waals surface area contributed by atoms with Crippen molar-refractivity contribution in [1.82, 2.24) is 19.8 Å². The molecular weight excluding hydrogens is 328 g/mol. The van der Waals surface area contributed by atoms with Crippen molar-refractivity contribution < 1.29 is 14.0 Å². The van der Waals surface area contributed by atoms with Crippen molar-refractivity contribution in [2.75, 3.05) is 27.2 Å². The number of hydrogen-bond donors (Lipinski definition) is 0. The third-order valence-electron chi connectivity index (χ3n) is 3.32. The van der Waals surface area contributed by atoms with Crippen LogP contribution in [0.1, 0.15) is 45.7 Å². The van der Waals surface area contributed by atoms with E-state index in [1.165, 1.54) is 17.6 Å². The smallest absolute Gasteiger partial charge is 0.275 e. The topological polar surface area (TPSA) is 79.5 Å². The van der Waals surface area contributed by atoms with Crippen molar-refractivity contribution >= 4 is 23.2 Å². The second-order valence-electron chi connectivity index (χ2n) is 5.14. The molecule has 2 rings (SSSR count). The first-order valence-electron chi connectivity index (χ1n) is 7.65. The molecule has 0 aromatic carbocycles. The number of carbonyl (C=O) groups is 2. The predicted octanol–water partition coefficient (Wildman–Crippen LogP) is 2.62. The molecule has 8 heteroatoms. The van der Waals surface area contributed by atoms with E-state index < -0.39 is 0 Å². The Bertz CT molecular complexity index is 622. The molecule has 2 aromatic heterocycles. The van der Waals surface area contributed by atoms with Gasteiger partial charge in [0.1, 0.15) is 12.0 Å². The second kappa shape index (κ2) is 9.17. The average molecular weight is 352 g/mol. The van der Waals surface area contributed by atoms with Crippen molar-refractivity contribution in [2.24, 2.45) is 0 Å². The van der Waals surface area contributed by atoms with Crippen LogP contribution in [0.4, 0.5) is 0 Å². The van der Waals surface area contributed by atoms with Gasteiger partial charge in [0.05, 0.1) is 5.01 Å². The maximum atomic E-state index is 11.5. The van der Waals surface area contributed by atoms with E-state index in [4.69, 9.17) is 4.42 Å². The highest BCUT2D eigenvalue weighted by atomic mass is 32.1. The molecule has 7 nitrogen and oxygen atoms in total. The Hall–Kier alpha value is -2.22. The Morgan fingerprint density at radius 3 is 1.96 bits per heavy atom. The van der Waals surface area contributed by atoms with Gasteiger partial charge in [-0.05, 0) is 20.8 Å². The molecule has 2 aromatic rings. The molecule has 132 valence electrons. The molecule has 0 saturated heterocycles. The third kappa shape index (κ3) is 5.45. The molecule has 0 aliphatic carbocycles. The molecule has 0 spiro atoms. The number of hydrogen-bond acceptors (Lipinski definition) is 6. The fourth-order valence-corrected chi connectivity index (χ4v) is 2.19. The van der Waals surface area contributed by atoms with Crippen molar-refractivity contribution in [3.05, 3.63) is 33.9 Å². The third-order valence-corrected chi connectivity index (χ3v) is 4.09. The molecule has 0 atom stereocenters. The minimum absolute atomic E-state index is 0.00171. The van der Waals surface area contributed by atoms with E-state index in [1.807, 2.05) is 20.8 Å². The van der Waals surface area contributed by atoms with Gasteiger partial charge in [-0.25, -0.2) is 9.97 Å². The van der Waals surface area contributed by atoms with Gasteiger partial charge in [-0.15, -0.1) is 11.3 Å². The number of aromatic nitrogens is 2. The summed E-state index contributed by atoms with van der Waals surface area (Å²) in [5.74, 6) is 0.416. The highest BCUT2D eigenvalue weighted by molar-refractivity contribution is 7.09. The highest BCUT2D eigenvalue weighted by Crippen LogP contribution is 2.09. The molecule has 0 fully saturated rings. The largest absolute Gasteiger partial charge is 0.448 e. The van der Waals surface area contributed by atoms with Crippen molar-refractivity contribution in [1.29, 1.82) is 0 Å². The molecule has 24 heavy (non-hydrogen) atoms. The molecule has 0 radical (unpaired) electrons. The lowest BCUT2D eigenvalue weighted by Crippen LogP contribution is -2.26. The standard InChI is InChI=1S/C8H12N2O2.C8H12N2OS/c2*1-4-10(3)8(11)7-5-12-6(2)9-7/h2*5H,4H2,1-3H3. The summed E-state index contributed by atoms with van der Waals surface area (Å²) < 4.78 is 4.92. The fourth-order valence-electron chi connectivity index (χ4n) is 1.60. The molecular formula is C16H24N4O3S. The SMILES string of the molecule is CCN(C)C(=O)c1coc(C)n1.CCN(C)C(=O)c1csc(C)n1. The molecule has 0 N–H and O–H groups in total. The molecule has 0 saturated carbocycles. The Morgan fingerprint density at radius 1 is 1.04 bits per heavy atom. The summed E-state index contributed by atoms with van der Waals surface area (Å²) in [7, 11) is 3.50. The van der Waals surface area contributed by atoms with Gasteiger partial charge in [0.2, 0.25) is 0 Å². The van der Waals surface area contributed by atoms with Crippen LogP contribution in [-0.4, -0.2) is 58.8 Å². The minimum atomic E-state index is -0.102. The lowest BCUT2D eigenvalue weighted by molar-refractivity contribution is 0.0789. The van der Waals surface area contributed by atoms with Crippen LogP contribution in [0.2, 0.25) is 0 Å². The zero-order valence-corrected chi connectivity index (χ0v) is 15.8. The summed E-state index contributed by atoms with van der Waals surface area (Å²) in [6.45, 7) is 8.85. The zero-order chi connectivity index (χ0) is 18.3. The summed E-state index contributed by atoms with van der Waals surface area (Å²) >= 11 is 1.50. The first-order chi connectivity index (χ1) is 11.3. The predicted molar refractivity (Wildman–Crippen MR) is 93.4 cm³/mol. The van der Waals surface area contributed by atoms with Gasteiger partial charge >= 0.3 is 0 Å². The normalized spacial score (nSPS) is 9.92. The van der Waals surface area contributed by atoms with Gasteiger partial charge in [-0.3, -0.25) is 9.59 Å². The summed E-state index contributed by atoms with van der Waals surface area (Å²) in [5.41, 5.74) is 0.929. The van der Waals surface area contributed by atoms with Crippen LogP contribution >= 0.6 is 11.3 Å². The van der Waals surface area contributed by atoms with Crippen molar-refractivity contribution in [3.63, 3.8) is 0 Å². The van der Waals surface area contributed by atoms with Gasteiger partial charge in [0.25, 0.3) is 11.8 Å². The van der Waals surface area contributed by atoms with Gasteiger partial charge < -0.3 is 14.2 Å². The first-order valence-corrected chi connectivity index (χ1v) is 8.53. The average Bonchev–Trinajstić information content (AvgIpc) is 3.21. The first kappa shape index (κ1) is 19.8. The molecule has 0 unspecified atom stereocenters. The number of amides is 2. The van der Waals surface area contributed by atoms with E-state index in [0.29, 0.717) is 23.8 Å². The second-order valence-corrected chi connectivity index (χ2v) is 6.20. The summed E-state index contributed by atoms with van der Waals surface area (Å²) in [6.07, 6.45) is 1.38. The fraction of sp³-hybridized carbons (Fsp3) is 0.500. The summed E-state index contributed by atoms with van der Waals surface area (Å²) in [5, 5.41) is 2.73. The van der Waals surface area contributed by atoms with E-state index in [0.717, 1.165) is 11.6 Å². The van der Waals surface area contributed by atoms with E-state index in [-0.39, 0.29) is 11.8 Å². The Labute approximate surface area is 146 Å². The summed E-state index contributed by atoms with van der Waals surface area (Å²) in [6, 6.07) is 0. The van der Waals surface area contributed by atoms with Gasteiger partial charge in [0.15, 0.2) is 11.6 Å². The number of rotatable bonds is 4. The van der Waals surface area contributed by atoms with E-state index in [1.54, 1.807) is 36.2 Å². The quantitative estimate of drug-likeness (QED) is 0.845. The van der Waals surface area contributed by atoms with Crippen LogP contribution in [0.15, 0.2) is 16.1 Å². The van der Waals surface area contributed by atoms with Gasteiger partial charge in [0, 0.05) is 39.5 Å². The highest BCUT2D eigenvalue weighted by Gasteiger charge is 2.13. The van der Waals surface area contributed by atoms with E-state index in [2.05, 4.69) is 9.97 Å². The molecule has 0 bridgehead atoms. The molecule has 2 heterocycles. The Balaban J connectivity index is 0.000000240. The Morgan fingerprint density at radius 2 is 1.58 bits per heavy atom. The van der Waals surface area contributed by atoms with Crippen LogP contribution in [0.3, 0.4) is 0 Å². The summed E-state index contributed by atoms with van der Waals surface area (Å²) in [4.78, 5) is 34.1. The molecule has 0 aliphatic rings. The lowest BCUT2D eigenvalue weighted by Gasteiger charge is -2.11. The van der Waals surface area contributed by atoms with Crippen LogP contribution in [-0.2, 0) is 0 Å². The maximum absolute atomic E-state index is 11.5. The van der Waals surface area contributed by atoms with Crippen LogP contribution in [0, 0.1) is 13.8 Å². The number of thiazole rings is 1. The van der Waals surface area contributed by atoms with E-state index >= 15 is 0 Å². The minimum Gasteiger partial charge on any atom is -0.448 e. The number of nitrogens with zero attached hydrogens (tertiary/aromatic N) is 4. The van der Waals surface area contributed by atoms with Crippen LogP contribution in [0.5, 0.6) is 0 Å². The molecule has 0 aliphatic heterocycles. The van der Waals surface area contributed by atoms with Gasteiger partial charge in [-0.1, -0.05) is 0 Å². The number of aryl methyl sites for hydroxylation is 2. The molecule has 2 amide bonds. The maximum Gasteiger partial charge on any atom is 0.275 e. The number of carbonyl (C=O) groups excluding carboxylic acids is 2. The van der Waals surface area contributed by atoms with E-state index in [9.17, 15) is 9.59 Å². The van der Waals surface area contributed by atoms with Crippen molar-refractivity contribution in [3.8, 4) is 0 Å². The zero-order valence-electron chi connectivity index (χ0n) is 15.0. The number of oxazole rings is 1. The Kier molecular flexibility index (Phi) is 7.57. The lowest BCUT2D eigenvalue weighted by atomic mass is 10.4. The van der Waals surface area contributed by atoms with Gasteiger partial charge in [-0.2, -0.15) is 0 Å². The van der Waals surface area contributed by atoms with Crippen molar-refractivity contribution in [2.45, 2.75) is 27.7 Å². The van der Waals surface area contributed by atoms with Crippen LogP contribution < -0.4 is 0 Å². The monoisotopic (exact) mass is 352 g/mol.